The fourth-order valence-corrected chi connectivity index (χ4v) is 8.26. The summed E-state index contributed by atoms with van der Waals surface area (Å²) in [6.45, 7) is 7.79. The number of carbonyl (C=O) groups excluding carboxylic acids is 1. The Morgan fingerprint density at radius 3 is 1.23 bits per heavy atom. The van der Waals surface area contributed by atoms with Gasteiger partial charge in [-0.15, -0.1) is 0 Å². The third kappa shape index (κ3) is 3.18. The zero-order valence-electron chi connectivity index (χ0n) is 15.7. The van der Waals surface area contributed by atoms with E-state index in [0.717, 1.165) is 32.6 Å². The first-order chi connectivity index (χ1) is 12.5. The first-order valence-electron chi connectivity index (χ1n) is 8.84. The first kappa shape index (κ1) is 18.4. The van der Waals surface area contributed by atoms with Crippen LogP contribution in [0.1, 0.15) is 23.6 Å². The second-order valence-electron chi connectivity index (χ2n) is 6.72. The molecular weight excluding hydrogens is 339 g/mol. The summed E-state index contributed by atoms with van der Waals surface area (Å²) in [4.78, 5) is 12.3. The Balaban J connectivity index is 2.48. The van der Waals surface area contributed by atoms with Gasteiger partial charge in [0.25, 0.3) is 0 Å². The summed E-state index contributed by atoms with van der Waals surface area (Å²) < 4.78 is 6.34. The van der Waals surface area contributed by atoms with Crippen LogP contribution in [0.15, 0.2) is 72.8 Å². The van der Waals surface area contributed by atoms with Gasteiger partial charge in [-0.25, -0.2) is 0 Å². The Labute approximate surface area is 156 Å². The molecule has 0 radical (unpaired) electrons. The van der Waals surface area contributed by atoms with Gasteiger partial charge < -0.3 is 0 Å². The molecule has 0 heterocycles. The molecule has 0 aromatic heterocycles. The van der Waals surface area contributed by atoms with Gasteiger partial charge in [0.05, 0.1) is 0 Å². The van der Waals surface area contributed by atoms with Crippen molar-refractivity contribution in [3.63, 3.8) is 0 Å². The van der Waals surface area contributed by atoms with Gasteiger partial charge in [0.2, 0.25) is 0 Å². The summed E-state index contributed by atoms with van der Waals surface area (Å²) >= 11 is 0. The van der Waals surface area contributed by atoms with Crippen molar-refractivity contribution >= 4 is 29.4 Å². The van der Waals surface area contributed by atoms with Crippen LogP contribution in [-0.4, -0.2) is 5.97 Å². The first-order valence-corrected chi connectivity index (χ1v) is 10.8. The monoisotopic (exact) mass is 364 g/mol. The zero-order chi connectivity index (χ0) is 18.7. The Morgan fingerprint density at radius 1 is 0.654 bits per heavy atom. The van der Waals surface area contributed by atoms with Crippen LogP contribution in [0, 0.1) is 20.8 Å². The fourth-order valence-electron chi connectivity index (χ4n) is 3.72. The standard InChI is InChI=1S/C23H25O2P/c1-17-11-5-8-14-21(17)26(25-20(4)24,22-15-9-6-12-18(22)2)23-16-10-7-13-19(23)3/h5-16,26H,1-4H3. The van der Waals surface area contributed by atoms with Gasteiger partial charge in [-0.2, -0.15) is 0 Å². The van der Waals surface area contributed by atoms with Crippen LogP contribution in [0.2, 0.25) is 0 Å². The van der Waals surface area contributed by atoms with Gasteiger partial charge in [0.15, 0.2) is 0 Å². The average Bonchev–Trinajstić information content (AvgIpc) is 2.61. The van der Waals surface area contributed by atoms with Gasteiger partial charge in [0.1, 0.15) is 0 Å². The predicted octanol–water partition coefficient (Wildman–Crippen LogP) is 4.12. The number of aryl methyl sites for hydroxylation is 3. The average molecular weight is 364 g/mol. The van der Waals surface area contributed by atoms with E-state index in [-0.39, 0.29) is 5.97 Å². The quantitative estimate of drug-likeness (QED) is 0.651. The molecule has 3 rings (SSSR count). The normalized spacial score (nSPS) is 11.8. The number of hydrogen-bond acceptors (Lipinski definition) is 2. The van der Waals surface area contributed by atoms with Crippen LogP contribution in [0.3, 0.4) is 0 Å². The third-order valence-electron chi connectivity index (χ3n) is 4.87. The van der Waals surface area contributed by atoms with Gasteiger partial charge in [-0.05, 0) is 0 Å². The van der Waals surface area contributed by atoms with E-state index in [1.807, 2.05) is 36.4 Å². The van der Waals surface area contributed by atoms with E-state index >= 15 is 0 Å². The van der Waals surface area contributed by atoms with Gasteiger partial charge in [-0.1, -0.05) is 0 Å². The topological polar surface area (TPSA) is 26.3 Å². The van der Waals surface area contributed by atoms with E-state index < -0.39 is 7.49 Å². The minimum absolute atomic E-state index is 0.244. The zero-order valence-corrected chi connectivity index (χ0v) is 16.7. The van der Waals surface area contributed by atoms with Crippen LogP contribution in [0.25, 0.3) is 0 Å². The van der Waals surface area contributed by atoms with Crippen molar-refractivity contribution in [2.24, 2.45) is 0 Å². The molecule has 26 heavy (non-hydrogen) atoms. The molecule has 0 atom stereocenters. The SMILES string of the molecule is CC(=O)O[PH](c1ccccc1C)(c1ccccc1C)c1ccccc1C. The minimum atomic E-state index is -2.97. The summed E-state index contributed by atoms with van der Waals surface area (Å²) in [5.74, 6) is -0.244. The number of hydrogen-bond donors (Lipinski definition) is 0. The molecule has 0 amide bonds. The molecule has 0 aliphatic carbocycles. The molecular formula is C23H25O2P. The molecule has 0 fully saturated rings. The summed E-state index contributed by atoms with van der Waals surface area (Å²) in [5, 5.41) is 3.37. The van der Waals surface area contributed by atoms with Crippen molar-refractivity contribution in [1.82, 2.24) is 0 Å². The van der Waals surface area contributed by atoms with E-state index in [1.165, 1.54) is 6.92 Å². The van der Waals surface area contributed by atoms with Gasteiger partial charge in [-0.3, -0.25) is 0 Å². The van der Waals surface area contributed by atoms with E-state index in [2.05, 4.69) is 57.2 Å². The molecule has 3 heteroatoms. The van der Waals surface area contributed by atoms with Gasteiger partial charge in [0, 0.05) is 0 Å². The predicted molar refractivity (Wildman–Crippen MR) is 113 cm³/mol. The molecule has 134 valence electrons. The van der Waals surface area contributed by atoms with E-state index in [4.69, 9.17) is 4.52 Å². The summed E-state index contributed by atoms with van der Waals surface area (Å²) in [5.41, 5.74) is 3.44. The fraction of sp³-hybridized carbons (Fsp3) is 0.174. The molecule has 0 saturated carbocycles. The molecule has 0 spiro atoms. The van der Waals surface area contributed by atoms with Gasteiger partial charge >= 0.3 is 156 Å². The van der Waals surface area contributed by atoms with Crippen molar-refractivity contribution in [2.45, 2.75) is 27.7 Å². The number of rotatable bonds is 4. The molecule has 0 saturated heterocycles. The molecule has 0 aliphatic rings. The molecule has 0 N–H and O–H groups in total. The van der Waals surface area contributed by atoms with Crippen molar-refractivity contribution < 1.29 is 9.32 Å². The van der Waals surface area contributed by atoms with Crippen LogP contribution < -0.4 is 15.9 Å². The van der Waals surface area contributed by atoms with Crippen molar-refractivity contribution in [3.8, 4) is 0 Å². The maximum absolute atomic E-state index is 12.3. The van der Waals surface area contributed by atoms with Crippen LogP contribution >= 0.6 is 7.49 Å². The molecule has 3 aromatic carbocycles. The molecule has 2 nitrogen and oxygen atoms in total. The van der Waals surface area contributed by atoms with E-state index in [0.29, 0.717) is 0 Å². The maximum atomic E-state index is 12.3. The summed E-state index contributed by atoms with van der Waals surface area (Å²) in [6, 6.07) is 24.8. The second kappa shape index (κ2) is 7.43. The molecule has 0 unspecified atom stereocenters. The van der Waals surface area contributed by atoms with E-state index in [9.17, 15) is 4.79 Å². The van der Waals surface area contributed by atoms with Crippen LogP contribution in [-0.2, 0) is 9.32 Å². The molecule has 0 bridgehead atoms. The Kier molecular flexibility index (Phi) is 5.25. The van der Waals surface area contributed by atoms with Crippen molar-refractivity contribution in [3.05, 3.63) is 89.5 Å². The van der Waals surface area contributed by atoms with E-state index in [1.54, 1.807) is 0 Å². The third-order valence-corrected chi connectivity index (χ3v) is 9.42. The second-order valence-corrected chi connectivity index (χ2v) is 9.90. The Hall–Kier alpha value is -2.44. The Bertz CT molecular complexity index is 835. The Morgan fingerprint density at radius 2 is 0.962 bits per heavy atom. The van der Waals surface area contributed by atoms with Crippen LogP contribution in [0.5, 0.6) is 0 Å². The van der Waals surface area contributed by atoms with Crippen molar-refractivity contribution in [1.29, 1.82) is 0 Å². The van der Waals surface area contributed by atoms with Crippen molar-refractivity contribution in [2.75, 3.05) is 0 Å². The summed E-state index contributed by atoms with van der Waals surface area (Å²) in [7, 11) is -2.97. The number of benzene rings is 3. The summed E-state index contributed by atoms with van der Waals surface area (Å²) in [6.07, 6.45) is 0. The van der Waals surface area contributed by atoms with Crippen LogP contribution in [0.4, 0.5) is 0 Å². The molecule has 0 aliphatic heterocycles. The molecule has 3 aromatic rings. The number of carbonyl (C=O) groups is 1.